The second-order valence-electron chi connectivity index (χ2n) is 5.31. The van der Waals surface area contributed by atoms with Crippen LogP contribution in [0, 0.1) is 30.9 Å². The Hall–Kier alpha value is -2.75. The van der Waals surface area contributed by atoms with E-state index in [-0.39, 0.29) is 19.0 Å². The number of rotatable bonds is 6. The number of aromatic nitrogens is 2. The van der Waals surface area contributed by atoms with Crippen molar-refractivity contribution in [3.8, 4) is 0 Å². The smallest absolute Gasteiger partial charge is 0.345 e. The molecule has 0 fully saturated rings. The second-order valence-corrected chi connectivity index (χ2v) is 6.54. The molecule has 0 unspecified atom stereocenters. The van der Waals surface area contributed by atoms with E-state index < -0.39 is 16.8 Å². The van der Waals surface area contributed by atoms with Crippen LogP contribution in [0.4, 0.5) is 10.8 Å². The molecule has 1 amide bonds. The van der Waals surface area contributed by atoms with Gasteiger partial charge in [0.1, 0.15) is 5.00 Å². The van der Waals surface area contributed by atoms with Crippen LogP contribution in [0.2, 0.25) is 0 Å². The molecule has 0 aliphatic rings. The van der Waals surface area contributed by atoms with Gasteiger partial charge in [0.05, 0.1) is 23.9 Å². The number of nitrogens with one attached hydrogen (secondary N) is 1. The highest BCUT2D eigenvalue weighted by Gasteiger charge is 2.24. The zero-order chi connectivity index (χ0) is 18.7. The van der Waals surface area contributed by atoms with Gasteiger partial charge >= 0.3 is 11.8 Å². The van der Waals surface area contributed by atoms with Crippen molar-refractivity contribution in [3.63, 3.8) is 0 Å². The fraction of sp³-hybridized carbons (Fsp3) is 0.400. The third-order valence-corrected chi connectivity index (χ3v) is 4.60. The molecule has 25 heavy (non-hydrogen) atoms. The molecular formula is C15H18N4O5S. The Balaban J connectivity index is 2.23. The summed E-state index contributed by atoms with van der Waals surface area (Å²) in [5.74, 6) is -1.30. The zero-order valence-electron chi connectivity index (χ0n) is 14.3. The minimum Gasteiger partial charge on any atom is -0.462 e. The van der Waals surface area contributed by atoms with Crippen molar-refractivity contribution in [3.05, 3.63) is 37.9 Å². The molecule has 0 radical (unpaired) electrons. The first-order chi connectivity index (χ1) is 11.7. The topological polar surface area (TPSA) is 116 Å². The Morgan fingerprint density at radius 1 is 1.40 bits per heavy atom. The third kappa shape index (κ3) is 4.02. The van der Waals surface area contributed by atoms with Crippen LogP contribution in [0.5, 0.6) is 0 Å². The molecule has 0 bridgehead atoms. The van der Waals surface area contributed by atoms with E-state index >= 15 is 0 Å². The van der Waals surface area contributed by atoms with Gasteiger partial charge in [-0.15, -0.1) is 16.0 Å². The van der Waals surface area contributed by atoms with Gasteiger partial charge in [-0.25, -0.2) is 4.79 Å². The Kier molecular flexibility index (Phi) is 5.52. The van der Waals surface area contributed by atoms with E-state index in [0.717, 1.165) is 15.1 Å². The number of carbonyl (C=O) groups excluding carboxylic acids is 2. The number of esters is 1. The molecule has 2 aromatic rings. The van der Waals surface area contributed by atoms with Gasteiger partial charge in [-0.1, -0.05) is 5.10 Å². The van der Waals surface area contributed by atoms with Gasteiger partial charge in [0.25, 0.3) is 5.91 Å². The maximum atomic E-state index is 12.3. The van der Waals surface area contributed by atoms with Gasteiger partial charge in [0.2, 0.25) is 0 Å². The summed E-state index contributed by atoms with van der Waals surface area (Å²) in [5, 5.41) is 17.9. The van der Waals surface area contributed by atoms with Gasteiger partial charge in [-0.2, -0.15) is 0 Å². The second kappa shape index (κ2) is 7.43. The predicted octanol–water partition coefficient (Wildman–Crippen LogP) is 2.59. The number of hydrogen-bond acceptors (Lipinski definition) is 7. The van der Waals surface area contributed by atoms with Crippen LogP contribution >= 0.6 is 11.3 Å². The van der Waals surface area contributed by atoms with Crippen LogP contribution in [-0.4, -0.2) is 33.2 Å². The predicted molar refractivity (Wildman–Crippen MR) is 92.0 cm³/mol. The van der Waals surface area contributed by atoms with Crippen molar-refractivity contribution in [2.24, 2.45) is 0 Å². The summed E-state index contributed by atoms with van der Waals surface area (Å²) in [4.78, 5) is 35.7. The van der Waals surface area contributed by atoms with E-state index in [4.69, 9.17) is 4.74 Å². The fourth-order valence-electron chi connectivity index (χ4n) is 2.26. The Bertz CT molecular complexity index is 839. The summed E-state index contributed by atoms with van der Waals surface area (Å²) in [6.07, 6.45) is 0. The van der Waals surface area contributed by atoms with Crippen LogP contribution in [0.3, 0.4) is 0 Å². The van der Waals surface area contributed by atoms with E-state index in [1.165, 1.54) is 17.4 Å². The van der Waals surface area contributed by atoms with E-state index in [1.807, 2.05) is 6.92 Å². The first kappa shape index (κ1) is 18.6. The standard InChI is InChI=1S/C15H18N4O5S/c1-5-24-15(21)13-9(3)10(4)25-14(13)16-11(20)7-18-12(19(22)23)6-8(2)17-18/h6H,5,7H2,1-4H3,(H,16,20). The molecule has 0 spiro atoms. The van der Waals surface area contributed by atoms with Crippen LogP contribution < -0.4 is 5.32 Å². The van der Waals surface area contributed by atoms with E-state index in [9.17, 15) is 19.7 Å². The SMILES string of the molecule is CCOC(=O)c1c(NC(=O)Cn2nc(C)cc2[N+](=O)[O-])sc(C)c1C. The monoisotopic (exact) mass is 366 g/mol. The Labute approximate surface area is 147 Å². The summed E-state index contributed by atoms with van der Waals surface area (Å²) in [6, 6.07) is 1.29. The Morgan fingerprint density at radius 3 is 2.68 bits per heavy atom. The Morgan fingerprint density at radius 2 is 2.08 bits per heavy atom. The highest BCUT2D eigenvalue weighted by Crippen LogP contribution is 2.33. The first-order valence-electron chi connectivity index (χ1n) is 7.50. The summed E-state index contributed by atoms with van der Waals surface area (Å²) in [5.41, 5.74) is 1.48. The fourth-order valence-corrected chi connectivity index (χ4v) is 3.33. The van der Waals surface area contributed by atoms with Crippen molar-refractivity contribution < 1.29 is 19.2 Å². The average Bonchev–Trinajstić information content (AvgIpc) is 3.00. The maximum Gasteiger partial charge on any atom is 0.345 e. The quantitative estimate of drug-likeness (QED) is 0.477. The van der Waals surface area contributed by atoms with E-state index in [2.05, 4.69) is 10.4 Å². The van der Waals surface area contributed by atoms with Gasteiger partial charge in [-0.05, 0) is 38.2 Å². The molecule has 2 aromatic heterocycles. The normalized spacial score (nSPS) is 10.6. The van der Waals surface area contributed by atoms with E-state index in [0.29, 0.717) is 16.3 Å². The first-order valence-corrected chi connectivity index (χ1v) is 8.32. The minimum atomic E-state index is -0.600. The number of thiophene rings is 1. The molecule has 0 aliphatic heterocycles. The summed E-state index contributed by atoms with van der Waals surface area (Å²) in [6.45, 7) is 6.80. The molecular weight excluding hydrogens is 348 g/mol. The molecule has 2 rings (SSSR count). The molecule has 0 aliphatic carbocycles. The van der Waals surface area contributed by atoms with Crippen LogP contribution in [0.15, 0.2) is 6.07 Å². The van der Waals surface area contributed by atoms with Crippen LogP contribution in [0.1, 0.15) is 33.4 Å². The van der Waals surface area contributed by atoms with Crippen LogP contribution in [-0.2, 0) is 16.1 Å². The molecule has 2 heterocycles. The largest absolute Gasteiger partial charge is 0.462 e. The molecule has 1 N–H and O–H groups in total. The lowest BCUT2D eigenvalue weighted by molar-refractivity contribution is -0.392. The van der Waals surface area contributed by atoms with Crippen molar-refractivity contribution in [2.45, 2.75) is 34.2 Å². The summed E-state index contributed by atoms with van der Waals surface area (Å²) in [7, 11) is 0. The number of nitro groups is 1. The van der Waals surface area contributed by atoms with Crippen molar-refractivity contribution in [1.29, 1.82) is 0 Å². The van der Waals surface area contributed by atoms with Gasteiger partial charge in [0.15, 0.2) is 6.54 Å². The highest BCUT2D eigenvalue weighted by atomic mass is 32.1. The molecule has 134 valence electrons. The summed E-state index contributed by atoms with van der Waals surface area (Å²) >= 11 is 1.25. The van der Waals surface area contributed by atoms with Gasteiger partial charge in [0, 0.05) is 4.88 Å². The number of hydrogen-bond donors (Lipinski definition) is 1. The molecule has 0 aromatic carbocycles. The number of aryl methyl sites for hydroxylation is 2. The number of carbonyl (C=O) groups is 2. The summed E-state index contributed by atoms with van der Waals surface area (Å²) < 4.78 is 6.04. The zero-order valence-corrected chi connectivity index (χ0v) is 15.1. The average molecular weight is 366 g/mol. The van der Waals surface area contributed by atoms with Crippen molar-refractivity contribution in [1.82, 2.24) is 9.78 Å². The van der Waals surface area contributed by atoms with Crippen LogP contribution in [0.25, 0.3) is 0 Å². The number of anilines is 1. The van der Waals surface area contributed by atoms with E-state index in [1.54, 1.807) is 20.8 Å². The van der Waals surface area contributed by atoms with Crippen molar-refractivity contribution in [2.75, 3.05) is 11.9 Å². The highest BCUT2D eigenvalue weighted by molar-refractivity contribution is 7.16. The van der Waals surface area contributed by atoms with Gasteiger partial charge < -0.3 is 20.2 Å². The third-order valence-electron chi connectivity index (χ3n) is 3.48. The lowest BCUT2D eigenvalue weighted by Crippen LogP contribution is -2.21. The van der Waals surface area contributed by atoms with Gasteiger partial charge in [-0.3, -0.25) is 4.79 Å². The molecule has 0 atom stereocenters. The minimum absolute atomic E-state index is 0.222. The lowest BCUT2D eigenvalue weighted by atomic mass is 10.1. The number of nitrogens with zero attached hydrogens (tertiary/aromatic N) is 3. The number of amides is 1. The van der Waals surface area contributed by atoms with Crippen molar-refractivity contribution >= 4 is 34.0 Å². The lowest BCUT2D eigenvalue weighted by Gasteiger charge is -2.06. The molecule has 10 heteroatoms. The maximum absolute atomic E-state index is 12.3. The molecule has 9 nitrogen and oxygen atoms in total. The molecule has 0 saturated carbocycles. The number of ether oxygens (including phenoxy) is 1. The molecule has 0 saturated heterocycles.